The maximum atomic E-state index is 13.3. The van der Waals surface area contributed by atoms with Crippen LogP contribution in [-0.2, 0) is 24.1 Å². The van der Waals surface area contributed by atoms with Crippen LogP contribution in [0.1, 0.15) is 36.6 Å². The van der Waals surface area contributed by atoms with E-state index in [1.165, 1.54) is 22.2 Å². The predicted octanol–water partition coefficient (Wildman–Crippen LogP) is 3.38. The Balaban J connectivity index is 1.83. The van der Waals surface area contributed by atoms with Crippen molar-refractivity contribution in [1.29, 1.82) is 5.26 Å². The summed E-state index contributed by atoms with van der Waals surface area (Å²) in [5, 5.41) is 10.4. The molecule has 2 aromatic heterocycles. The first-order chi connectivity index (χ1) is 12.2. The summed E-state index contributed by atoms with van der Waals surface area (Å²) in [6.07, 6.45) is 5.25. The molecule has 1 aliphatic carbocycles. The number of hydrogen-bond donors (Lipinski definition) is 0. The first-order valence-electron chi connectivity index (χ1n) is 8.83. The van der Waals surface area contributed by atoms with Gasteiger partial charge in [0.15, 0.2) is 5.16 Å². The number of fused-ring (bicyclic) bond motifs is 3. The maximum Gasteiger partial charge on any atom is 0.263 e. The second-order valence-electron chi connectivity index (χ2n) is 6.92. The molecule has 1 fully saturated rings. The van der Waals surface area contributed by atoms with Crippen LogP contribution in [0.5, 0.6) is 0 Å². The number of thioether (sulfide) groups is 1. The molecule has 0 spiro atoms. The van der Waals surface area contributed by atoms with Crippen molar-refractivity contribution in [2.75, 3.05) is 12.4 Å². The molecule has 4 rings (SSSR count). The van der Waals surface area contributed by atoms with Crippen molar-refractivity contribution in [1.82, 2.24) is 9.55 Å². The van der Waals surface area contributed by atoms with Crippen molar-refractivity contribution < 1.29 is 4.74 Å². The lowest BCUT2D eigenvalue weighted by atomic mass is 9.89. The quantitative estimate of drug-likeness (QED) is 0.605. The van der Waals surface area contributed by atoms with Gasteiger partial charge in [0.2, 0.25) is 0 Å². The number of nitriles is 1. The summed E-state index contributed by atoms with van der Waals surface area (Å²) in [6, 6.07) is 2.14. The van der Waals surface area contributed by atoms with E-state index >= 15 is 0 Å². The van der Waals surface area contributed by atoms with E-state index in [-0.39, 0.29) is 11.7 Å². The van der Waals surface area contributed by atoms with E-state index in [1.54, 1.807) is 15.9 Å². The van der Waals surface area contributed by atoms with Crippen LogP contribution in [-0.4, -0.2) is 28.0 Å². The van der Waals surface area contributed by atoms with Crippen LogP contribution in [0.15, 0.2) is 9.95 Å². The average Bonchev–Trinajstić information content (AvgIpc) is 3.22. The van der Waals surface area contributed by atoms with Gasteiger partial charge in [-0.15, -0.1) is 11.3 Å². The number of nitrogens with zero attached hydrogens (tertiary/aromatic N) is 3. The lowest BCUT2D eigenvalue weighted by molar-refractivity contribution is 0.0937. The van der Waals surface area contributed by atoms with Crippen LogP contribution in [0.4, 0.5) is 0 Å². The molecule has 1 aliphatic heterocycles. The van der Waals surface area contributed by atoms with Gasteiger partial charge in [-0.3, -0.25) is 9.36 Å². The molecule has 2 aliphatic rings. The van der Waals surface area contributed by atoms with Gasteiger partial charge in [0.05, 0.1) is 29.9 Å². The van der Waals surface area contributed by atoms with Crippen molar-refractivity contribution in [3.8, 4) is 6.07 Å². The number of thiophene rings is 1. The number of aryl methyl sites for hydroxylation is 1. The molecular weight excluding hydrogens is 354 g/mol. The van der Waals surface area contributed by atoms with Gasteiger partial charge in [0.1, 0.15) is 4.83 Å². The molecule has 2 atom stereocenters. The number of ether oxygens (including phenoxy) is 1. The third-order valence-corrected chi connectivity index (χ3v) is 7.05. The highest BCUT2D eigenvalue weighted by Crippen LogP contribution is 2.36. The largest absolute Gasteiger partial charge is 0.376 e. The molecule has 0 aromatic carbocycles. The van der Waals surface area contributed by atoms with Gasteiger partial charge >= 0.3 is 0 Å². The van der Waals surface area contributed by atoms with Crippen molar-refractivity contribution in [2.45, 2.75) is 56.8 Å². The van der Waals surface area contributed by atoms with E-state index < -0.39 is 0 Å². The van der Waals surface area contributed by atoms with Crippen molar-refractivity contribution in [2.24, 2.45) is 5.92 Å². The molecule has 3 heterocycles. The number of hydrogen-bond acceptors (Lipinski definition) is 6. The second-order valence-corrected chi connectivity index (χ2v) is 8.95. The monoisotopic (exact) mass is 375 g/mol. The van der Waals surface area contributed by atoms with Gasteiger partial charge in [-0.05, 0) is 43.6 Å². The van der Waals surface area contributed by atoms with E-state index in [9.17, 15) is 4.79 Å². The van der Waals surface area contributed by atoms with Crippen LogP contribution in [0.3, 0.4) is 0 Å². The van der Waals surface area contributed by atoms with E-state index in [0.29, 0.717) is 23.4 Å². The topological polar surface area (TPSA) is 67.9 Å². The molecule has 5 nitrogen and oxygen atoms in total. The van der Waals surface area contributed by atoms with E-state index in [0.717, 1.165) is 48.9 Å². The minimum Gasteiger partial charge on any atom is -0.376 e. The fourth-order valence-corrected chi connectivity index (χ4v) is 5.86. The molecule has 1 saturated heterocycles. The SMILES string of the molecule is C[C@H]1CCc2c(sc3nc(SCC#N)n(C[C@H]4CCCO4)c(=O)c23)C1. The molecule has 0 amide bonds. The minimum absolute atomic E-state index is 0.0491. The standard InChI is InChI=1S/C18H21N3O2S2/c1-11-4-5-13-14(9-11)25-16-15(13)17(22)21(10-12-3-2-7-23-12)18(20-16)24-8-6-19/h11-12H,2-5,7-10H2,1H3/t11-,12+/m0/s1. The highest BCUT2D eigenvalue weighted by atomic mass is 32.2. The van der Waals surface area contributed by atoms with Gasteiger partial charge < -0.3 is 4.74 Å². The van der Waals surface area contributed by atoms with Crippen LogP contribution in [0, 0.1) is 17.2 Å². The van der Waals surface area contributed by atoms with Crippen LogP contribution >= 0.6 is 23.1 Å². The lowest BCUT2D eigenvalue weighted by Gasteiger charge is -2.18. The molecular formula is C18H21N3O2S2. The third-order valence-electron chi connectivity index (χ3n) is 5.06. The fraction of sp³-hybridized carbons (Fsp3) is 0.611. The number of rotatable bonds is 4. The summed E-state index contributed by atoms with van der Waals surface area (Å²) in [7, 11) is 0. The summed E-state index contributed by atoms with van der Waals surface area (Å²) in [6.45, 7) is 3.57. The smallest absolute Gasteiger partial charge is 0.263 e. The molecule has 25 heavy (non-hydrogen) atoms. The normalized spacial score (nSPS) is 22.9. The lowest BCUT2D eigenvalue weighted by Crippen LogP contribution is -2.29. The van der Waals surface area contributed by atoms with Crippen molar-refractivity contribution in [3.63, 3.8) is 0 Å². The Kier molecular flexibility index (Phi) is 4.85. The highest BCUT2D eigenvalue weighted by molar-refractivity contribution is 7.99. The number of aromatic nitrogens is 2. The second kappa shape index (κ2) is 7.10. The molecule has 0 N–H and O–H groups in total. The Morgan fingerprint density at radius 1 is 1.48 bits per heavy atom. The molecule has 0 saturated carbocycles. The van der Waals surface area contributed by atoms with Crippen LogP contribution in [0.25, 0.3) is 10.2 Å². The van der Waals surface area contributed by atoms with Crippen LogP contribution in [0.2, 0.25) is 0 Å². The minimum atomic E-state index is 0.0491. The first kappa shape index (κ1) is 17.1. The Labute approximate surface area is 155 Å². The zero-order valence-corrected chi connectivity index (χ0v) is 15.9. The van der Waals surface area contributed by atoms with Crippen LogP contribution < -0.4 is 5.56 Å². The Hall–Kier alpha value is -1.36. The van der Waals surface area contributed by atoms with E-state index in [4.69, 9.17) is 15.0 Å². The first-order valence-corrected chi connectivity index (χ1v) is 10.6. The summed E-state index contributed by atoms with van der Waals surface area (Å²) in [4.78, 5) is 20.2. The highest BCUT2D eigenvalue weighted by Gasteiger charge is 2.26. The Bertz CT molecular complexity index is 890. The van der Waals surface area contributed by atoms with E-state index in [2.05, 4.69) is 13.0 Å². The fourth-order valence-electron chi connectivity index (χ4n) is 3.76. The van der Waals surface area contributed by atoms with Gasteiger partial charge in [0.25, 0.3) is 5.56 Å². The van der Waals surface area contributed by atoms with E-state index in [1.807, 2.05) is 0 Å². The zero-order valence-electron chi connectivity index (χ0n) is 14.3. The predicted molar refractivity (Wildman–Crippen MR) is 100 cm³/mol. The van der Waals surface area contributed by atoms with Crippen molar-refractivity contribution in [3.05, 3.63) is 20.8 Å². The third kappa shape index (κ3) is 3.23. The molecule has 7 heteroatoms. The summed E-state index contributed by atoms with van der Waals surface area (Å²) >= 11 is 3.01. The molecule has 0 bridgehead atoms. The Morgan fingerprint density at radius 2 is 2.36 bits per heavy atom. The summed E-state index contributed by atoms with van der Waals surface area (Å²) < 4.78 is 7.49. The summed E-state index contributed by atoms with van der Waals surface area (Å²) in [5.41, 5.74) is 1.27. The zero-order chi connectivity index (χ0) is 17.4. The van der Waals surface area contributed by atoms with Gasteiger partial charge in [0, 0.05) is 11.5 Å². The maximum absolute atomic E-state index is 13.3. The molecule has 0 unspecified atom stereocenters. The van der Waals surface area contributed by atoms with Gasteiger partial charge in [-0.1, -0.05) is 18.7 Å². The van der Waals surface area contributed by atoms with Gasteiger partial charge in [-0.25, -0.2) is 4.98 Å². The van der Waals surface area contributed by atoms with Crippen molar-refractivity contribution >= 4 is 33.3 Å². The van der Waals surface area contributed by atoms with Gasteiger partial charge in [-0.2, -0.15) is 5.26 Å². The average molecular weight is 376 g/mol. The molecule has 2 aromatic rings. The molecule has 0 radical (unpaired) electrons. The Morgan fingerprint density at radius 3 is 3.12 bits per heavy atom. The summed E-state index contributed by atoms with van der Waals surface area (Å²) in [5.74, 6) is 0.966. The molecule has 132 valence electrons.